The van der Waals surface area contributed by atoms with Gasteiger partial charge in [0.15, 0.2) is 11.5 Å². The Hall–Kier alpha value is -1.18. The highest BCUT2D eigenvalue weighted by molar-refractivity contribution is 5.43. The SMILES string of the molecule is [CH2]c1ccc(OCCCCC)c(OC)c1. The molecule has 0 saturated heterocycles. The highest BCUT2D eigenvalue weighted by Gasteiger charge is 2.03. The number of hydrogen-bond acceptors (Lipinski definition) is 2. The number of rotatable bonds is 6. The van der Waals surface area contributed by atoms with Gasteiger partial charge in [-0.05, 0) is 31.0 Å². The van der Waals surface area contributed by atoms with E-state index in [2.05, 4.69) is 13.8 Å². The minimum atomic E-state index is 0.751. The van der Waals surface area contributed by atoms with E-state index >= 15 is 0 Å². The van der Waals surface area contributed by atoms with Crippen LogP contribution >= 0.6 is 0 Å². The van der Waals surface area contributed by atoms with Crippen molar-refractivity contribution in [3.8, 4) is 11.5 Å². The van der Waals surface area contributed by atoms with Crippen molar-refractivity contribution in [2.75, 3.05) is 13.7 Å². The summed E-state index contributed by atoms with van der Waals surface area (Å²) in [5.74, 6) is 1.57. The highest BCUT2D eigenvalue weighted by atomic mass is 16.5. The van der Waals surface area contributed by atoms with Gasteiger partial charge in [0.1, 0.15) is 0 Å². The molecule has 0 unspecified atom stereocenters. The Balaban J connectivity index is 2.52. The molecule has 83 valence electrons. The third-order valence-corrected chi connectivity index (χ3v) is 2.23. The van der Waals surface area contributed by atoms with E-state index in [0.29, 0.717) is 0 Å². The topological polar surface area (TPSA) is 18.5 Å². The predicted molar refractivity (Wildman–Crippen MR) is 62.5 cm³/mol. The molecule has 2 heteroatoms. The zero-order valence-electron chi connectivity index (χ0n) is 9.58. The second kappa shape index (κ2) is 6.33. The van der Waals surface area contributed by atoms with E-state index in [4.69, 9.17) is 9.47 Å². The Morgan fingerprint density at radius 1 is 1.20 bits per heavy atom. The molecule has 1 aromatic carbocycles. The summed E-state index contributed by atoms with van der Waals surface area (Å²) >= 11 is 0. The summed E-state index contributed by atoms with van der Waals surface area (Å²) in [6, 6.07) is 5.72. The second-order valence-electron chi connectivity index (χ2n) is 3.54. The average Bonchev–Trinajstić information content (AvgIpc) is 2.26. The minimum absolute atomic E-state index is 0.751. The number of benzene rings is 1. The number of methoxy groups -OCH3 is 1. The van der Waals surface area contributed by atoms with E-state index in [0.717, 1.165) is 30.1 Å². The largest absolute Gasteiger partial charge is 0.493 e. The van der Waals surface area contributed by atoms with Crippen molar-refractivity contribution in [2.45, 2.75) is 26.2 Å². The summed E-state index contributed by atoms with van der Waals surface area (Å²) in [6.45, 7) is 6.77. The van der Waals surface area contributed by atoms with Crippen LogP contribution in [0.2, 0.25) is 0 Å². The number of hydrogen-bond donors (Lipinski definition) is 0. The van der Waals surface area contributed by atoms with E-state index in [1.165, 1.54) is 12.8 Å². The molecule has 0 aliphatic rings. The Labute approximate surface area is 92.2 Å². The van der Waals surface area contributed by atoms with Gasteiger partial charge in [0, 0.05) is 0 Å². The standard InChI is InChI=1S/C13H19O2/c1-4-5-6-9-15-12-8-7-11(2)10-13(12)14-3/h7-8,10H,2,4-6,9H2,1,3H3. The van der Waals surface area contributed by atoms with Crippen LogP contribution in [-0.2, 0) is 0 Å². The van der Waals surface area contributed by atoms with Gasteiger partial charge in [-0.2, -0.15) is 0 Å². The first-order valence-corrected chi connectivity index (χ1v) is 5.40. The van der Waals surface area contributed by atoms with Crippen LogP contribution in [0.5, 0.6) is 11.5 Å². The van der Waals surface area contributed by atoms with E-state index in [-0.39, 0.29) is 0 Å². The molecule has 0 saturated carbocycles. The molecule has 1 radical (unpaired) electrons. The van der Waals surface area contributed by atoms with E-state index < -0.39 is 0 Å². The summed E-state index contributed by atoms with van der Waals surface area (Å²) in [7, 11) is 1.65. The van der Waals surface area contributed by atoms with Crippen LogP contribution in [0.3, 0.4) is 0 Å². The molecule has 1 aromatic rings. The fraction of sp³-hybridized carbons (Fsp3) is 0.462. The Bertz CT molecular complexity index is 295. The van der Waals surface area contributed by atoms with Crippen LogP contribution in [0, 0.1) is 6.92 Å². The lowest BCUT2D eigenvalue weighted by atomic mass is 10.2. The molecule has 0 aliphatic carbocycles. The monoisotopic (exact) mass is 207 g/mol. The van der Waals surface area contributed by atoms with Crippen LogP contribution in [0.1, 0.15) is 31.7 Å². The third kappa shape index (κ3) is 3.82. The van der Waals surface area contributed by atoms with Gasteiger partial charge >= 0.3 is 0 Å². The van der Waals surface area contributed by atoms with Crippen molar-refractivity contribution < 1.29 is 9.47 Å². The van der Waals surface area contributed by atoms with Crippen LogP contribution in [0.15, 0.2) is 18.2 Å². The number of unbranched alkanes of at least 4 members (excludes halogenated alkanes) is 2. The maximum atomic E-state index is 5.63. The predicted octanol–water partition coefficient (Wildman–Crippen LogP) is 3.45. The maximum absolute atomic E-state index is 5.63. The molecule has 0 spiro atoms. The Kier molecular flexibility index (Phi) is 5.02. The van der Waals surface area contributed by atoms with E-state index in [1.807, 2.05) is 18.2 Å². The van der Waals surface area contributed by atoms with E-state index in [9.17, 15) is 0 Å². The zero-order chi connectivity index (χ0) is 11.1. The van der Waals surface area contributed by atoms with Crippen molar-refractivity contribution in [1.82, 2.24) is 0 Å². The van der Waals surface area contributed by atoms with Crippen LogP contribution in [0.25, 0.3) is 0 Å². The summed E-state index contributed by atoms with van der Waals surface area (Å²) in [6.07, 6.45) is 3.50. The maximum Gasteiger partial charge on any atom is 0.161 e. The summed E-state index contributed by atoms with van der Waals surface area (Å²) in [4.78, 5) is 0. The van der Waals surface area contributed by atoms with Gasteiger partial charge in [-0.1, -0.05) is 25.8 Å². The lowest BCUT2D eigenvalue weighted by molar-refractivity contribution is 0.286. The molecule has 0 bridgehead atoms. The van der Waals surface area contributed by atoms with Crippen LogP contribution < -0.4 is 9.47 Å². The molecule has 0 aromatic heterocycles. The molecule has 1 rings (SSSR count). The van der Waals surface area contributed by atoms with Crippen molar-refractivity contribution in [2.24, 2.45) is 0 Å². The summed E-state index contributed by atoms with van der Waals surface area (Å²) in [5.41, 5.74) is 0.938. The summed E-state index contributed by atoms with van der Waals surface area (Å²) < 4.78 is 10.9. The first-order valence-electron chi connectivity index (χ1n) is 5.40. The lowest BCUT2D eigenvalue weighted by Crippen LogP contribution is -1.99. The quantitative estimate of drug-likeness (QED) is 0.665. The summed E-state index contributed by atoms with van der Waals surface area (Å²) in [5, 5.41) is 0. The molecule has 2 nitrogen and oxygen atoms in total. The van der Waals surface area contributed by atoms with Gasteiger partial charge in [-0.15, -0.1) is 0 Å². The van der Waals surface area contributed by atoms with Crippen molar-refractivity contribution >= 4 is 0 Å². The number of ether oxygens (including phenoxy) is 2. The first kappa shape index (κ1) is 11.9. The molecule has 15 heavy (non-hydrogen) atoms. The first-order chi connectivity index (χ1) is 7.27. The molecule has 0 aliphatic heterocycles. The molecular weight excluding hydrogens is 188 g/mol. The lowest BCUT2D eigenvalue weighted by Gasteiger charge is -2.10. The van der Waals surface area contributed by atoms with Crippen molar-refractivity contribution in [3.63, 3.8) is 0 Å². The second-order valence-corrected chi connectivity index (χ2v) is 3.54. The van der Waals surface area contributed by atoms with Gasteiger partial charge in [-0.3, -0.25) is 0 Å². The molecule has 0 atom stereocenters. The highest BCUT2D eigenvalue weighted by Crippen LogP contribution is 2.27. The smallest absolute Gasteiger partial charge is 0.161 e. The third-order valence-electron chi connectivity index (χ3n) is 2.23. The van der Waals surface area contributed by atoms with Gasteiger partial charge in [0.2, 0.25) is 0 Å². The Morgan fingerprint density at radius 2 is 2.00 bits per heavy atom. The van der Waals surface area contributed by atoms with Gasteiger partial charge < -0.3 is 9.47 Å². The molecule has 0 N–H and O–H groups in total. The van der Waals surface area contributed by atoms with Gasteiger partial charge in [0.25, 0.3) is 0 Å². The van der Waals surface area contributed by atoms with Crippen molar-refractivity contribution in [3.05, 3.63) is 30.7 Å². The van der Waals surface area contributed by atoms with Crippen LogP contribution in [-0.4, -0.2) is 13.7 Å². The molecule has 0 amide bonds. The fourth-order valence-electron chi connectivity index (χ4n) is 1.37. The average molecular weight is 207 g/mol. The Morgan fingerprint density at radius 3 is 2.67 bits per heavy atom. The van der Waals surface area contributed by atoms with E-state index in [1.54, 1.807) is 7.11 Å². The van der Waals surface area contributed by atoms with Gasteiger partial charge in [-0.25, -0.2) is 0 Å². The zero-order valence-corrected chi connectivity index (χ0v) is 9.58. The van der Waals surface area contributed by atoms with Gasteiger partial charge in [0.05, 0.1) is 13.7 Å². The fourth-order valence-corrected chi connectivity index (χ4v) is 1.37. The molecule has 0 fully saturated rings. The van der Waals surface area contributed by atoms with Crippen LogP contribution in [0.4, 0.5) is 0 Å². The van der Waals surface area contributed by atoms with Crippen molar-refractivity contribution in [1.29, 1.82) is 0 Å². The molecular formula is C13H19O2. The minimum Gasteiger partial charge on any atom is -0.493 e. The molecule has 0 heterocycles. The normalized spacial score (nSPS) is 10.1.